The SMILES string of the molecule is CCSCC(C)N(C)C(=O)c1ccc2nc[nH]c2c1. The second kappa shape index (κ2) is 6.10. The van der Waals surface area contributed by atoms with Gasteiger partial charge in [0.25, 0.3) is 5.91 Å². The number of aromatic amines is 1. The number of H-pyrrole nitrogens is 1. The first-order valence-corrected chi connectivity index (χ1v) is 7.57. The fourth-order valence-electron chi connectivity index (χ4n) is 1.87. The molecule has 102 valence electrons. The van der Waals surface area contributed by atoms with Crippen molar-refractivity contribution in [2.24, 2.45) is 0 Å². The lowest BCUT2D eigenvalue weighted by molar-refractivity contribution is 0.0757. The van der Waals surface area contributed by atoms with Crippen LogP contribution < -0.4 is 0 Å². The number of imidazole rings is 1. The second-order valence-electron chi connectivity index (χ2n) is 4.56. The van der Waals surface area contributed by atoms with Crippen LogP contribution in [0.25, 0.3) is 11.0 Å². The zero-order chi connectivity index (χ0) is 13.8. The van der Waals surface area contributed by atoms with Gasteiger partial charge in [0.1, 0.15) is 0 Å². The maximum atomic E-state index is 12.4. The highest BCUT2D eigenvalue weighted by atomic mass is 32.2. The van der Waals surface area contributed by atoms with Crippen molar-refractivity contribution in [2.45, 2.75) is 19.9 Å². The number of hydrogen-bond acceptors (Lipinski definition) is 3. The monoisotopic (exact) mass is 277 g/mol. The van der Waals surface area contributed by atoms with Crippen molar-refractivity contribution in [3.8, 4) is 0 Å². The molecule has 0 fully saturated rings. The molecular weight excluding hydrogens is 258 g/mol. The lowest BCUT2D eigenvalue weighted by Crippen LogP contribution is -2.36. The minimum atomic E-state index is 0.0562. The third-order valence-electron chi connectivity index (χ3n) is 3.21. The molecule has 1 amide bonds. The van der Waals surface area contributed by atoms with Gasteiger partial charge in [-0.05, 0) is 30.9 Å². The Hall–Kier alpha value is -1.49. The largest absolute Gasteiger partial charge is 0.345 e. The zero-order valence-corrected chi connectivity index (χ0v) is 12.3. The Morgan fingerprint density at radius 3 is 3.05 bits per heavy atom. The van der Waals surface area contributed by atoms with Crippen LogP contribution >= 0.6 is 11.8 Å². The van der Waals surface area contributed by atoms with Crippen molar-refractivity contribution < 1.29 is 4.79 Å². The predicted molar refractivity (Wildman–Crippen MR) is 80.6 cm³/mol. The Morgan fingerprint density at radius 1 is 1.53 bits per heavy atom. The summed E-state index contributed by atoms with van der Waals surface area (Å²) >= 11 is 1.85. The van der Waals surface area contributed by atoms with Crippen molar-refractivity contribution in [2.75, 3.05) is 18.6 Å². The van der Waals surface area contributed by atoms with Crippen molar-refractivity contribution >= 4 is 28.7 Å². The van der Waals surface area contributed by atoms with E-state index in [9.17, 15) is 4.79 Å². The van der Waals surface area contributed by atoms with E-state index >= 15 is 0 Å². The number of rotatable bonds is 5. The molecule has 1 unspecified atom stereocenters. The highest BCUT2D eigenvalue weighted by Crippen LogP contribution is 2.15. The summed E-state index contributed by atoms with van der Waals surface area (Å²) < 4.78 is 0. The third kappa shape index (κ3) is 3.10. The third-order valence-corrected chi connectivity index (χ3v) is 4.34. The average Bonchev–Trinajstić information content (AvgIpc) is 2.90. The van der Waals surface area contributed by atoms with Crippen LogP contribution in [0.3, 0.4) is 0 Å². The topological polar surface area (TPSA) is 49.0 Å². The lowest BCUT2D eigenvalue weighted by Gasteiger charge is -2.24. The van der Waals surface area contributed by atoms with Crippen molar-refractivity contribution in [1.82, 2.24) is 14.9 Å². The Labute approximate surface area is 117 Å². The maximum Gasteiger partial charge on any atom is 0.253 e. The molecule has 0 saturated heterocycles. The van der Waals surface area contributed by atoms with Gasteiger partial charge in [-0.15, -0.1) is 0 Å². The summed E-state index contributed by atoms with van der Waals surface area (Å²) in [7, 11) is 1.86. The molecule has 2 aromatic rings. The number of amides is 1. The van der Waals surface area contributed by atoms with Gasteiger partial charge in [-0.1, -0.05) is 6.92 Å². The molecule has 5 heteroatoms. The van der Waals surface area contributed by atoms with Gasteiger partial charge in [0.2, 0.25) is 0 Å². The minimum absolute atomic E-state index is 0.0562. The highest BCUT2D eigenvalue weighted by molar-refractivity contribution is 7.99. The van der Waals surface area contributed by atoms with E-state index in [1.807, 2.05) is 37.0 Å². The molecule has 0 aliphatic heterocycles. The summed E-state index contributed by atoms with van der Waals surface area (Å²) in [6.45, 7) is 4.21. The second-order valence-corrected chi connectivity index (χ2v) is 5.88. The Kier molecular flexibility index (Phi) is 4.47. The number of benzene rings is 1. The van der Waals surface area contributed by atoms with E-state index in [1.54, 1.807) is 11.2 Å². The number of thioether (sulfide) groups is 1. The summed E-state index contributed by atoms with van der Waals surface area (Å²) in [5.41, 5.74) is 2.48. The summed E-state index contributed by atoms with van der Waals surface area (Å²) in [5, 5.41) is 0. The fourth-order valence-corrected chi connectivity index (χ4v) is 2.67. The molecule has 1 N–H and O–H groups in total. The molecule has 19 heavy (non-hydrogen) atoms. The summed E-state index contributed by atoms with van der Waals surface area (Å²) in [6.07, 6.45) is 1.64. The predicted octanol–water partition coefficient (Wildman–Crippen LogP) is 2.78. The van der Waals surface area contributed by atoms with Crippen molar-refractivity contribution in [3.05, 3.63) is 30.1 Å². The number of hydrogen-bond donors (Lipinski definition) is 1. The van der Waals surface area contributed by atoms with Gasteiger partial charge in [0, 0.05) is 24.4 Å². The zero-order valence-electron chi connectivity index (χ0n) is 11.5. The van der Waals surface area contributed by atoms with E-state index in [0.29, 0.717) is 5.56 Å². The molecule has 1 atom stereocenters. The smallest absolute Gasteiger partial charge is 0.253 e. The van der Waals surface area contributed by atoms with Gasteiger partial charge >= 0.3 is 0 Å². The van der Waals surface area contributed by atoms with Gasteiger partial charge in [-0.25, -0.2) is 4.98 Å². The fraction of sp³-hybridized carbons (Fsp3) is 0.429. The Balaban J connectivity index is 2.13. The van der Waals surface area contributed by atoms with Gasteiger partial charge in [0.05, 0.1) is 17.4 Å². The van der Waals surface area contributed by atoms with E-state index in [1.165, 1.54) is 0 Å². The molecule has 0 saturated carbocycles. The van der Waals surface area contributed by atoms with E-state index in [0.717, 1.165) is 22.5 Å². The van der Waals surface area contributed by atoms with Crippen LogP contribution in [0.1, 0.15) is 24.2 Å². The summed E-state index contributed by atoms with van der Waals surface area (Å²) in [4.78, 5) is 21.4. The molecular formula is C14H19N3OS. The quantitative estimate of drug-likeness (QED) is 0.914. The molecule has 4 nitrogen and oxygen atoms in total. The van der Waals surface area contributed by atoms with Crippen LogP contribution in [0.4, 0.5) is 0 Å². The van der Waals surface area contributed by atoms with Crippen LogP contribution in [-0.2, 0) is 0 Å². The Bertz CT molecular complexity index is 567. The first-order chi connectivity index (χ1) is 9.13. The van der Waals surface area contributed by atoms with E-state index in [4.69, 9.17) is 0 Å². The standard InChI is InChI=1S/C14H19N3OS/c1-4-19-8-10(2)17(3)14(18)11-5-6-12-13(7-11)16-9-15-12/h5-7,9-10H,4,8H2,1-3H3,(H,15,16). The molecule has 0 bridgehead atoms. The minimum Gasteiger partial charge on any atom is -0.345 e. The number of nitrogens with zero attached hydrogens (tertiary/aromatic N) is 2. The molecule has 0 aliphatic carbocycles. The normalized spacial score (nSPS) is 12.6. The first kappa shape index (κ1) is 13.9. The van der Waals surface area contributed by atoms with Crippen molar-refractivity contribution in [3.63, 3.8) is 0 Å². The van der Waals surface area contributed by atoms with E-state index in [2.05, 4.69) is 23.8 Å². The molecule has 1 heterocycles. The van der Waals surface area contributed by atoms with E-state index < -0.39 is 0 Å². The molecule has 1 aromatic carbocycles. The van der Waals surface area contributed by atoms with Gasteiger partial charge in [-0.3, -0.25) is 4.79 Å². The molecule has 0 radical (unpaired) electrons. The van der Waals surface area contributed by atoms with Crippen LogP contribution in [0.5, 0.6) is 0 Å². The first-order valence-electron chi connectivity index (χ1n) is 6.41. The van der Waals surface area contributed by atoms with Crippen LogP contribution in [0.15, 0.2) is 24.5 Å². The average molecular weight is 277 g/mol. The van der Waals surface area contributed by atoms with E-state index in [-0.39, 0.29) is 11.9 Å². The summed E-state index contributed by atoms with van der Waals surface area (Å²) in [5.74, 6) is 2.10. The Morgan fingerprint density at radius 2 is 2.32 bits per heavy atom. The number of aromatic nitrogens is 2. The van der Waals surface area contributed by atoms with Crippen LogP contribution in [-0.4, -0.2) is 45.4 Å². The number of nitrogens with one attached hydrogen (secondary N) is 1. The number of carbonyl (C=O) groups excluding carboxylic acids is 1. The van der Waals surface area contributed by atoms with Crippen LogP contribution in [0.2, 0.25) is 0 Å². The highest BCUT2D eigenvalue weighted by Gasteiger charge is 2.17. The molecule has 0 aliphatic rings. The maximum absolute atomic E-state index is 12.4. The number of fused-ring (bicyclic) bond motifs is 1. The van der Waals surface area contributed by atoms with Gasteiger partial charge in [0.15, 0.2) is 0 Å². The molecule has 2 rings (SSSR count). The molecule has 1 aromatic heterocycles. The van der Waals surface area contributed by atoms with Crippen LogP contribution in [0, 0.1) is 0 Å². The van der Waals surface area contributed by atoms with Crippen molar-refractivity contribution in [1.29, 1.82) is 0 Å². The van der Waals surface area contributed by atoms with Gasteiger partial charge < -0.3 is 9.88 Å². The summed E-state index contributed by atoms with van der Waals surface area (Å²) in [6, 6.07) is 5.80. The lowest BCUT2D eigenvalue weighted by atomic mass is 10.1. The van der Waals surface area contributed by atoms with Gasteiger partial charge in [-0.2, -0.15) is 11.8 Å². The number of carbonyl (C=O) groups is 1. The molecule has 0 spiro atoms.